The Morgan fingerprint density at radius 1 is 1.28 bits per heavy atom. The zero-order valence-corrected chi connectivity index (χ0v) is 24.5. The van der Waals surface area contributed by atoms with Crippen molar-refractivity contribution >= 4 is 23.4 Å². The Morgan fingerprint density at radius 2 is 1.95 bits per heavy atom. The fourth-order valence-corrected chi connectivity index (χ4v) is 4.30. The first-order valence-corrected chi connectivity index (χ1v) is 13.0. The lowest BCUT2D eigenvalue weighted by Crippen LogP contribution is -2.51. The lowest BCUT2D eigenvalue weighted by Gasteiger charge is -2.31. The number of carbonyl (C=O) groups excluding carboxylic acids is 2. The number of aromatic nitrogens is 1. The maximum Gasteiger partial charge on any atom is 0.424 e. The van der Waals surface area contributed by atoms with E-state index in [-0.39, 0.29) is 45.7 Å². The molecule has 0 fully saturated rings. The highest BCUT2D eigenvalue weighted by Gasteiger charge is 2.57. The number of amides is 2. The smallest absolute Gasteiger partial charge is 0.424 e. The minimum Gasteiger partial charge on any atom is -0.493 e. The number of alkyl halides is 3. The van der Waals surface area contributed by atoms with Crippen molar-refractivity contribution in [1.82, 2.24) is 10.3 Å². The number of nitrogens with two attached hydrogens (primary N) is 1. The molecule has 0 aliphatic carbocycles. The number of pyridine rings is 1. The van der Waals surface area contributed by atoms with Gasteiger partial charge >= 0.3 is 6.18 Å². The average molecular weight is 628 g/mol. The van der Waals surface area contributed by atoms with E-state index < -0.39 is 53.7 Å². The van der Waals surface area contributed by atoms with Crippen molar-refractivity contribution in [2.75, 3.05) is 26.9 Å². The molecule has 232 valence electrons. The Kier molecular flexibility index (Phi) is 9.82. The van der Waals surface area contributed by atoms with Crippen LogP contribution >= 0.6 is 11.6 Å². The molecule has 1 aromatic carbocycles. The molecule has 1 aliphatic heterocycles. The van der Waals surface area contributed by atoms with Gasteiger partial charge in [0, 0.05) is 22.1 Å². The molecule has 0 spiro atoms. The summed E-state index contributed by atoms with van der Waals surface area (Å²) >= 11 is 5.92. The summed E-state index contributed by atoms with van der Waals surface area (Å²) in [6.07, 6.45) is -2.98. The second-order valence-corrected chi connectivity index (χ2v) is 10.7. The normalized spacial score (nSPS) is 16.3. The highest BCUT2D eigenvalue weighted by Crippen LogP contribution is 2.47. The molecule has 2 heterocycles. The van der Waals surface area contributed by atoms with E-state index in [4.69, 9.17) is 31.5 Å². The third-order valence-electron chi connectivity index (χ3n) is 6.59. The van der Waals surface area contributed by atoms with Gasteiger partial charge in [-0.05, 0) is 43.3 Å². The molecule has 2 aromatic rings. The molecule has 3 rings (SSSR count). The number of halogens is 5. The van der Waals surface area contributed by atoms with Crippen molar-refractivity contribution in [2.24, 2.45) is 5.73 Å². The van der Waals surface area contributed by atoms with Crippen LogP contribution in [-0.2, 0) is 30.1 Å². The fourth-order valence-electron chi connectivity index (χ4n) is 4.12. The maximum absolute atomic E-state index is 14.6. The standard InChI is InChI=1S/C29H30ClF4N3O6/c1-6-20(42-12-23(35)38)21(41-5)9-15(2)26(39)36-13-28(40,29(32,33)34)22-11-17-25(43-14-27(17,3)4)24(37-22)16-7-8-19(31)18(30)10-16/h6-11,40H,1,12-14H2,2-5H3,(H2,35,38)(H,36,39)/b15-9+,21-20-. The van der Waals surface area contributed by atoms with Gasteiger partial charge < -0.3 is 30.4 Å². The zero-order chi connectivity index (χ0) is 32.3. The van der Waals surface area contributed by atoms with Gasteiger partial charge in [-0.15, -0.1) is 0 Å². The van der Waals surface area contributed by atoms with Gasteiger partial charge in [-0.25, -0.2) is 9.37 Å². The van der Waals surface area contributed by atoms with Crippen molar-refractivity contribution in [3.05, 3.63) is 82.2 Å². The van der Waals surface area contributed by atoms with E-state index in [2.05, 4.69) is 16.9 Å². The predicted octanol–water partition coefficient (Wildman–Crippen LogP) is 4.57. The molecule has 9 nitrogen and oxygen atoms in total. The topological polar surface area (TPSA) is 133 Å². The molecule has 0 saturated carbocycles. The first-order chi connectivity index (χ1) is 19.9. The highest BCUT2D eigenvalue weighted by molar-refractivity contribution is 6.31. The van der Waals surface area contributed by atoms with Crippen LogP contribution in [-0.4, -0.2) is 54.9 Å². The Morgan fingerprint density at radius 3 is 2.51 bits per heavy atom. The molecule has 1 atom stereocenters. The SMILES string of the molecule is C=C/C(OCC(N)=O)=C(\C=C(/C)C(=O)NCC(O)(c1cc2c(c(-c3ccc(F)c(Cl)c3)n1)OCC2(C)C)C(F)(F)F)OC. The molecule has 0 bridgehead atoms. The number of nitrogens with one attached hydrogen (secondary N) is 1. The van der Waals surface area contributed by atoms with Crippen LogP contribution in [0.25, 0.3) is 11.3 Å². The van der Waals surface area contributed by atoms with Crippen molar-refractivity contribution in [1.29, 1.82) is 0 Å². The Bertz CT molecular complexity index is 1510. The van der Waals surface area contributed by atoms with Gasteiger partial charge in [0.15, 0.2) is 18.1 Å². The summed E-state index contributed by atoms with van der Waals surface area (Å²) in [6, 6.07) is 4.57. The van der Waals surface area contributed by atoms with Gasteiger partial charge in [-0.3, -0.25) is 9.59 Å². The van der Waals surface area contributed by atoms with Gasteiger partial charge in [0.2, 0.25) is 11.5 Å². The van der Waals surface area contributed by atoms with Crippen LogP contribution in [0.2, 0.25) is 5.02 Å². The van der Waals surface area contributed by atoms with Crippen LogP contribution in [0.1, 0.15) is 32.0 Å². The predicted molar refractivity (Wildman–Crippen MR) is 149 cm³/mol. The maximum atomic E-state index is 14.6. The number of aliphatic hydroxyl groups is 1. The summed E-state index contributed by atoms with van der Waals surface area (Å²) < 4.78 is 73.6. The van der Waals surface area contributed by atoms with Crippen LogP contribution in [0, 0.1) is 5.82 Å². The summed E-state index contributed by atoms with van der Waals surface area (Å²) in [4.78, 5) is 28.0. The number of primary amides is 1. The molecule has 1 aliphatic rings. The summed E-state index contributed by atoms with van der Waals surface area (Å²) in [5, 5.41) is 12.9. The molecular formula is C29H30ClF4N3O6. The quantitative estimate of drug-likeness (QED) is 0.144. The molecule has 1 aromatic heterocycles. The molecule has 43 heavy (non-hydrogen) atoms. The molecule has 2 amide bonds. The number of nitrogens with zero attached hydrogens (tertiary/aromatic N) is 1. The summed E-state index contributed by atoms with van der Waals surface area (Å²) in [5.74, 6) is -2.49. The van der Waals surface area contributed by atoms with Gasteiger partial charge in [0.05, 0.1) is 31.0 Å². The van der Waals surface area contributed by atoms with E-state index in [0.29, 0.717) is 5.56 Å². The molecule has 0 saturated heterocycles. The van der Waals surface area contributed by atoms with Gasteiger partial charge in [-0.1, -0.05) is 32.0 Å². The number of allylic oxidation sites excluding steroid dienone is 2. The van der Waals surface area contributed by atoms with E-state index >= 15 is 0 Å². The minimum absolute atomic E-state index is 0.0548. The summed E-state index contributed by atoms with van der Waals surface area (Å²) in [6.45, 7) is 6.52. The third kappa shape index (κ3) is 7.11. The summed E-state index contributed by atoms with van der Waals surface area (Å²) in [5.41, 5.74) is 0.0559. The van der Waals surface area contributed by atoms with Crippen LogP contribution in [0.4, 0.5) is 17.6 Å². The lowest BCUT2D eigenvalue weighted by atomic mass is 9.84. The van der Waals surface area contributed by atoms with Crippen LogP contribution in [0.3, 0.4) is 0 Å². The van der Waals surface area contributed by atoms with Gasteiger partial charge in [0.1, 0.15) is 17.3 Å². The van der Waals surface area contributed by atoms with Crippen LogP contribution in [0.5, 0.6) is 5.75 Å². The first kappa shape index (κ1) is 33.4. The van der Waals surface area contributed by atoms with Crippen LogP contribution in [0.15, 0.2) is 60.1 Å². The average Bonchev–Trinajstić information content (AvgIpc) is 3.25. The van der Waals surface area contributed by atoms with Crippen molar-refractivity contribution in [2.45, 2.75) is 38.0 Å². The fraction of sp³-hybridized carbons (Fsp3) is 0.345. The molecule has 1 unspecified atom stereocenters. The van der Waals surface area contributed by atoms with Crippen LogP contribution < -0.4 is 15.8 Å². The monoisotopic (exact) mass is 627 g/mol. The molecule has 4 N–H and O–H groups in total. The second kappa shape index (κ2) is 12.6. The number of hydrogen-bond donors (Lipinski definition) is 3. The van der Waals surface area contributed by atoms with Crippen molar-refractivity contribution in [3.63, 3.8) is 0 Å². The van der Waals surface area contributed by atoms with Gasteiger partial charge in [-0.2, -0.15) is 13.2 Å². The van der Waals surface area contributed by atoms with E-state index in [1.807, 2.05) is 0 Å². The number of benzene rings is 1. The number of fused-ring (bicyclic) bond motifs is 1. The molecular weight excluding hydrogens is 598 g/mol. The molecule has 14 heteroatoms. The number of carbonyl (C=O) groups is 2. The Labute approximate surface area is 250 Å². The van der Waals surface area contributed by atoms with E-state index in [1.165, 1.54) is 32.2 Å². The third-order valence-corrected chi connectivity index (χ3v) is 6.88. The largest absolute Gasteiger partial charge is 0.493 e. The summed E-state index contributed by atoms with van der Waals surface area (Å²) in [7, 11) is 1.23. The number of hydrogen-bond acceptors (Lipinski definition) is 7. The van der Waals surface area contributed by atoms with Crippen molar-refractivity contribution in [3.8, 4) is 17.0 Å². The highest BCUT2D eigenvalue weighted by atomic mass is 35.5. The van der Waals surface area contributed by atoms with E-state index in [9.17, 15) is 32.3 Å². The van der Waals surface area contributed by atoms with Gasteiger partial charge in [0.25, 0.3) is 5.91 Å². The number of methoxy groups -OCH3 is 1. The Balaban J connectivity index is 2.04. The Hall–Kier alpha value is -4.10. The zero-order valence-electron chi connectivity index (χ0n) is 23.7. The van der Waals surface area contributed by atoms with E-state index in [1.54, 1.807) is 13.8 Å². The van der Waals surface area contributed by atoms with E-state index in [0.717, 1.165) is 18.2 Å². The second-order valence-electron chi connectivity index (χ2n) is 10.3. The number of rotatable bonds is 11. The number of ether oxygens (including phenoxy) is 3. The molecule has 0 radical (unpaired) electrons. The van der Waals surface area contributed by atoms with Crippen molar-refractivity contribution < 1.29 is 46.5 Å². The minimum atomic E-state index is -5.31. The first-order valence-electron chi connectivity index (χ1n) is 12.7. The lowest BCUT2D eigenvalue weighted by molar-refractivity contribution is -0.265.